The van der Waals surface area contributed by atoms with Gasteiger partial charge in [0.2, 0.25) is 0 Å². The fourth-order valence-electron chi connectivity index (χ4n) is 1.55. The Balaban J connectivity index is 2.69. The molecule has 0 heterocycles. The molecule has 0 radical (unpaired) electrons. The van der Waals surface area contributed by atoms with Crippen LogP contribution in [0.25, 0.3) is 0 Å². The van der Waals surface area contributed by atoms with Gasteiger partial charge < -0.3 is 0 Å². The summed E-state index contributed by atoms with van der Waals surface area (Å²) in [6.07, 6.45) is 4.63. The summed E-state index contributed by atoms with van der Waals surface area (Å²) in [5.74, 6) is 0.713. The van der Waals surface area contributed by atoms with E-state index in [-0.39, 0.29) is 0 Å². The Labute approximate surface area is 74.2 Å². The summed E-state index contributed by atoms with van der Waals surface area (Å²) in [4.78, 5) is 11.4. The molecule has 0 aromatic heterocycles. The van der Waals surface area contributed by atoms with Crippen LogP contribution in [0.15, 0.2) is 23.8 Å². The number of carbonyl (C=O) groups excluding carboxylic acids is 1. The van der Waals surface area contributed by atoms with Crippen LogP contribution in [0.3, 0.4) is 0 Å². The molecule has 0 fully saturated rings. The third-order valence-corrected chi connectivity index (χ3v) is 2.52. The maximum atomic E-state index is 11.4. The monoisotopic (exact) mass is 164 g/mol. The predicted molar refractivity (Wildman–Crippen MR) is 50.9 cm³/mol. The second-order valence-corrected chi connectivity index (χ2v) is 3.49. The van der Waals surface area contributed by atoms with E-state index >= 15 is 0 Å². The zero-order chi connectivity index (χ0) is 9.14. The molecule has 0 saturated heterocycles. The smallest absolute Gasteiger partial charge is 0.159 e. The molecule has 1 atom stereocenters. The number of carbonyl (C=O) groups is 1. The Morgan fingerprint density at radius 3 is 2.83 bits per heavy atom. The molecule has 0 aliphatic heterocycles. The minimum absolute atomic E-state index is 0.316. The molecule has 0 amide bonds. The highest BCUT2D eigenvalue weighted by Gasteiger charge is 2.20. The Bertz CT molecular complexity index is 235. The molecule has 0 spiro atoms. The Hall–Kier alpha value is -0.850. The van der Waals surface area contributed by atoms with Crippen LogP contribution in [0.1, 0.15) is 33.1 Å². The number of allylic oxidation sites excluding steroid dienone is 3. The molecule has 66 valence electrons. The van der Waals surface area contributed by atoms with Crippen LogP contribution in [0.4, 0.5) is 0 Å². The van der Waals surface area contributed by atoms with Crippen LogP contribution in [0, 0.1) is 5.92 Å². The van der Waals surface area contributed by atoms with Crippen molar-refractivity contribution in [3.8, 4) is 0 Å². The fraction of sp³-hybridized carbons (Fsp3) is 0.545. The van der Waals surface area contributed by atoms with Crippen molar-refractivity contribution in [2.24, 2.45) is 5.92 Å². The van der Waals surface area contributed by atoms with Crippen molar-refractivity contribution in [2.45, 2.75) is 33.1 Å². The molecule has 0 aromatic carbocycles. The van der Waals surface area contributed by atoms with Crippen LogP contribution in [0.5, 0.6) is 0 Å². The van der Waals surface area contributed by atoms with Gasteiger partial charge >= 0.3 is 0 Å². The van der Waals surface area contributed by atoms with Gasteiger partial charge in [-0.1, -0.05) is 25.2 Å². The maximum Gasteiger partial charge on any atom is 0.159 e. The van der Waals surface area contributed by atoms with Gasteiger partial charge in [-0.2, -0.15) is 0 Å². The van der Waals surface area contributed by atoms with E-state index in [1.807, 2.05) is 13.8 Å². The molecule has 0 saturated carbocycles. The van der Waals surface area contributed by atoms with Crippen molar-refractivity contribution in [1.82, 2.24) is 0 Å². The van der Waals surface area contributed by atoms with E-state index in [1.54, 1.807) is 0 Å². The first-order chi connectivity index (χ1) is 5.65. The normalized spacial score (nSPS) is 23.7. The molecule has 0 bridgehead atoms. The second-order valence-electron chi connectivity index (χ2n) is 3.49. The molecule has 0 N–H and O–H groups in total. The number of rotatable bonds is 2. The summed E-state index contributed by atoms with van der Waals surface area (Å²) < 4.78 is 0. The van der Waals surface area contributed by atoms with E-state index in [0.29, 0.717) is 18.1 Å². The lowest BCUT2D eigenvalue weighted by Crippen LogP contribution is -2.15. The summed E-state index contributed by atoms with van der Waals surface area (Å²) in [6, 6.07) is 0. The molecular weight excluding hydrogens is 148 g/mol. The summed E-state index contributed by atoms with van der Waals surface area (Å²) >= 11 is 0. The standard InChI is InChI=1S/C11H16O/c1-4-9-5-6-10(8(2)3)7-11(9)12/h5,10H,2,4,6-7H2,1,3H3. The third-order valence-electron chi connectivity index (χ3n) is 2.52. The summed E-state index contributed by atoms with van der Waals surface area (Å²) in [5, 5.41) is 0. The van der Waals surface area contributed by atoms with Gasteiger partial charge in [-0.05, 0) is 31.3 Å². The van der Waals surface area contributed by atoms with Gasteiger partial charge in [-0.25, -0.2) is 0 Å². The Kier molecular flexibility index (Phi) is 2.85. The molecule has 1 nitrogen and oxygen atoms in total. The number of hydrogen-bond acceptors (Lipinski definition) is 1. The fourth-order valence-corrected chi connectivity index (χ4v) is 1.55. The zero-order valence-corrected chi connectivity index (χ0v) is 7.89. The molecule has 0 aromatic rings. The Morgan fingerprint density at radius 1 is 1.75 bits per heavy atom. The van der Waals surface area contributed by atoms with Gasteiger partial charge in [-0.15, -0.1) is 0 Å². The van der Waals surface area contributed by atoms with Gasteiger partial charge in [0.15, 0.2) is 5.78 Å². The lowest BCUT2D eigenvalue weighted by atomic mass is 9.84. The average Bonchev–Trinajstić information content (AvgIpc) is 2.04. The lowest BCUT2D eigenvalue weighted by Gasteiger charge is -2.20. The van der Waals surface area contributed by atoms with Gasteiger partial charge in [0, 0.05) is 6.42 Å². The van der Waals surface area contributed by atoms with Crippen molar-refractivity contribution >= 4 is 5.78 Å². The van der Waals surface area contributed by atoms with Gasteiger partial charge in [-0.3, -0.25) is 4.79 Å². The molecule has 1 aliphatic carbocycles. The quantitative estimate of drug-likeness (QED) is 0.573. The molecule has 1 aliphatic rings. The lowest BCUT2D eigenvalue weighted by molar-refractivity contribution is -0.116. The zero-order valence-electron chi connectivity index (χ0n) is 7.89. The maximum absolute atomic E-state index is 11.4. The first-order valence-corrected chi connectivity index (χ1v) is 4.52. The molecule has 1 rings (SSSR count). The summed E-state index contributed by atoms with van der Waals surface area (Å²) in [5.41, 5.74) is 2.14. The average molecular weight is 164 g/mol. The van der Waals surface area contributed by atoms with E-state index in [4.69, 9.17) is 0 Å². The van der Waals surface area contributed by atoms with Crippen molar-refractivity contribution in [2.75, 3.05) is 0 Å². The van der Waals surface area contributed by atoms with Crippen LogP contribution in [-0.2, 0) is 4.79 Å². The summed E-state index contributed by atoms with van der Waals surface area (Å²) in [6.45, 7) is 7.92. The number of Topliss-reactive ketones (excluding diaryl/α,β-unsaturated/α-hetero) is 1. The van der Waals surface area contributed by atoms with Crippen LogP contribution in [0.2, 0.25) is 0 Å². The van der Waals surface area contributed by atoms with Gasteiger partial charge in [0.1, 0.15) is 0 Å². The van der Waals surface area contributed by atoms with Gasteiger partial charge in [0.05, 0.1) is 0 Å². The SMILES string of the molecule is C=C(C)C1CC=C(CC)C(=O)C1. The Morgan fingerprint density at radius 2 is 2.42 bits per heavy atom. The van der Waals surface area contributed by atoms with Crippen molar-refractivity contribution in [1.29, 1.82) is 0 Å². The van der Waals surface area contributed by atoms with Crippen molar-refractivity contribution in [3.05, 3.63) is 23.8 Å². The number of hydrogen-bond donors (Lipinski definition) is 0. The number of ketones is 1. The highest BCUT2D eigenvalue weighted by Crippen LogP contribution is 2.26. The topological polar surface area (TPSA) is 17.1 Å². The first kappa shape index (κ1) is 9.24. The van der Waals surface area contributed by atoms with E-state index in [9.17, 15) is 4.79 Å². The van der Waals surface area contributed by atoms with E-state index in [0.717, 1.165) is 24.0 Å². The van der Waals surface area contributed by atoms with E-state index in [2.05, 4.69) is 12.7 Å². The van der Waals surface area contributed by atoms with E-state index < -0.39 is 0 Å². The minimum atomic E-state index is 0.316. The van der Waals surface area contributed by atoms with E-state index in [1.165, 1.54) is 0 Å². The minimum Gasteiger partial charge on any atom is -0.295 e. The largest absolute Gasteiger partial charge is 0.295 e. The highest BCUT2D eigenvalue weighted by molar-refractivity contribution is 5.96. The van der Waals surface area contributed by atoms with Gasteiger partial charge in [0.25, 0.3) is 0 Å². The summed E-state index contributed by atoms with van der Waals surface area (Å²) in [7, 11) is 0. The van der Waals surface area contributed by atoms with Crippen LogP contribution in [-0.4, -0.2) is 5.78 Å². The molecular formula is C11H16O. The molecule has 12 heavy (non-hydrogen) atoms. The molecule has 1 unspecified atom stereocenters. The molecule has 1 heteroatoms. The third kappa shape index (κ3) is 1.84. The highest BCUT2D eigenvalue weighted by atomic mass is 16.1. The predicted octanol–water partition coefficient (Wildman–Crippen LogP) is 2.88. The van der Waals surface area contributed by atoms with Crippen molar-refractivity contribution in [3.63, 3.8) is 0 Å². The van der Waals surface area contributed by atoms with Crippen LogP contribution >= 0.6 is 0 Å². The second kappa shape index (κ2) is 3.70. The van der Waals surface area contributed by atoms with Crippen LogP contribution < -0.4 is 0 Å². The first-order valence-electron chi connectivity index (χ1n) is 4.52. The van der Waals surface area contributed by atoms with Crippen molar-refractivity contribution < 1.29 is 4.79 Å².